The van der Waals surface area contributed by atoms with Crippen LogP contribution in [-0.4, -0.2) is 30.8 Å². The normalized spacial score (nSPS) is 11.2. The van der Waals surface area contributed by atoms with Gasteiger partial charge in [-0.05, 0) is 42.5 Å². The summed E-state index contributed by atoms with van der Waals surface area (Å²) in [5.41, 5.74) is 1.50. The molecule has 0 radical (unpaired) electrons. The number of hydrogen-bond acceptors (Lipinski definition) is 5. The first kappa shape index (κ1) is 20.0. The van der Waals surface area contributed by atoms with Crippen LogP contribution in [-0.2, 0) is 4.79 Å². The van der Waals surface area contributed by atoms with E-state index in [1.54, 1.807) is 22.6 Å². The molecule has 0 aliphatic rings. The number of para-hydroxylation sites is 2. The van der Waals surface area contributed by atoms with Crippen LogP contribution in [0.4, 0.5) is 10.1 Å². The average Bonchev–Trinajstić information content (AvgIpc) is 3.22. The minimum atomic E-state index is -0.427. The summed E-state index contributed by atoms with van der Waals surface area (Å²) < 4.78 is 16.6. The maximum Gasteiger partial charge on any atom is 0.267 e. The molecule has 1 N–H and O–H groups in total. The first-order valence-corrected chi connectivity index (χ1v) is 10.7. The van der Waals surface area contributed by atoms with Gasteiger partial charge in [0.05, 0.1) is 22.3 Å². The molecule has 0 saturated carbocycles. The summed E-state index contributed by atoms with van der Waals surface area (Å²) in [5, 5.41) is 12.1. The summed E-state index contributed by atoms with van der Waals surface area (Å²) in [6.07, 6.45) is 0. The zero-order valence-corrected chi connectivity index (χ0v) is 17.4. The Bertz CT molecular complexity index is 1510. The predicted octanol–water partition coefficient (Wildman–Crippen LogP) is 3.90. The monoisotopic (exact) mass is 445 g/mol. The highest BCUT2D eigenvalue weighted by Crippen LogP contribution is 2.23. The van der Waals surface area contributed by atoms with Crippen molar-refractivity contribution in [3.63, 3.8) is 0 Å². The van der Waals surface area contributed by atoms with E-state index in [1.807, 2.05) is 42.5 Å². The highest BCUT2D eigenvalue weighted by Gasteiger charge is 2.18. The molecule has 0 fully saturated rings. The van der Waals surface area contributed by atoms with E-state index in [2.05, 4.69) is 15.5 Å². The molecule has 32 heavy (non-hydrogen) atoms. The van der Waals surface area contributed by atoms with Crippen LogP contribution in [0.15, 0.2) is 88.8 Å². The van der Waals surface area contributed by atoms with Crippen LogP contribution in [0, 0.1) is 5.82 Å². The lowest BCUT2D eigenvalue weighted by molar-refractivity contribution is -0.113. The number of nitrogens with zero attached hydrogens (tertiary/aromatic N) is 4. The maximum atomic E-state index is 13.4. The van der Waals surface area contributed by atoms with Gasteiger partial charge in [0, 0.05) is 5.69 Å². The van der Waals surface area contributed by atoms with Crippen LogP contribution in [0.25, 0.3) is 22.4 Å². The molecule has 3 aromatic carbocycles. The Kier molecular flexibility index (Phi) is 5.16. The van der Waals surface area contributed by atoms with Gasteiger partial charge in [0.2, 0.25) is 11.7 Å². The van der Waals surface area contributed by atoms with E-state index >= 15 is 0 Å². The molecule has 0 aliphatic carbocycles. The van der Waals surface area contributed by atoms with Gasteiger partial charge >= 0.3 is 0 Å². The van der Waals surface area contributed by atoms with Crippen LogP contribution in [0.1, 0.15) is 0 Å². The number of anilines is 1. The molecule has 7 nitrogen and oxygen atoms in total. The SMILES string of the molecule is O=C(CSc1nnc2n(-c3ccccc3)c(=O)c3ccccc3n12)Nc1cccc(F)c1. The minimum absolute atomic E-state index is 0.0378. The second-order valence-electron chi connectivity index (χ2n) is 6.96. The van der Waals surface area contributed by atoms with Gasteiger partial charge in [-0.1, -0.05) is 48.2 Å². The quantitative estimate of drug-likeness (QED) is 0.415. The Morgan fingerprint density at radius 1 is 0.969 bits per heavy atom. The van der Waals surface area contributed by atoms with Crippen molar-refractivity contribution in [2.45, 2.75) is 5.16 Å². The third kappa shape index (κ3) is 3.63. The molecule has 0 saturated heterocycles. The van der Waals surface area contributed by atoms with Gasteiger partial charge in [-0.25, -0.2) is 8.96 Å². The number of thioether (sulfide) groups is 1. The lowest BCUT2D eigenvalue weighted by Crippen LogP contribution is -2.21. The van der Waals surface area contributed by atoms with Crippen molar-refractivity contribution in [1.82, 2.24) is 19.2 Å². The first-order valence-electron chi connectivity index (χ1n) is 9.74. The number of hydrogen-bond donors (Lipinski definition) is 1. The van der Waals surface area contributed by atoms with E-state index < -0.39 is 5.82 Å². The van der Waals surface area contributed by atoms with Crippen molar-refractivity contribution in [2.24, 2.45) is 0 Å². The van der Waals surface area contributed by atoms with Crippen molar-refractivity contribution in [3.8, 4) is 5.69 Å². The second kappa shape index (κ2) is 8.27. The summed E-state index contributed by atoms with van der Waals surface area (Å²) in [6, 6.07) is 22.1. The summed E-state index contributed by atoms with van der Waals surface area (Å²) in [5.74, 6) is -0.342. The Morgan fingerprint density at radius 3 is 2.56 bits per heavy atom. The summed E-state index contributed by atoms with van der Waals surface area (Å²) in [7, 11) is 0. The molecule has 158 valence electrons. The number of carbonyl (C=O) groups is 1. The van der Waals surface area contributed by atoms with Gasteiger partial charge in [-0.15, -0.1) is 10.2 Å². The Morgan fingerprint density at radius 2 is 1.75 bits per heavy atom. The van der Waals surface area contributed by atoms with Crippen molar-refractivity contribution < 1.29 is 9.18 Å². The summed E-state index contributed by atoms with van der Waals surface area (Å²) in [6.45, 7) is 0. The van der Waals surface area contributed by atoms with E-state index in [4.69, 9.17) is 0 Å². The minimum Gasteiger partial charge on any atom is -0.325 e. The molecule has 5 aromatic rings. The molecule has 0 unspecified atom stereocenters. The van der Waals surface area contributed by atoms with Crippen molar-refractivity contribution in [3.05, 3.63) is 95.0 Å². The van der Waals surface area contributed by atoms with Crippen molar-refractivity contribution in [2.75, 3.05) is 11.1 Å². The Labute approximate surface area is 185 Å². The van der Waals surface area contributed by atoms with E-state index in [9.17, 15) is 14.0 Å². The van der Waals surface area contributed by atoms with Crippen molar-refractivity contribution in [1.29, 1.82) is 0 Å². The van der Waals surface area contributed by atoms with E-state index in [0.29, 0.717) is 33.2 Å². The number of amides is 1. The highest BCUT2D eigenvalue weighted by atomic mass is 32.2. The molecule has 0 aliphatic heterocycles. The summed E-state index contributed by atoms with van der Waals surface area (Å²) >= 11 is 1.18. The number of fused-ring (bicyclic) bond motifs is 3. The number of halogens is 1. The smallest absolute Gasteiger partial charge is 0.267 e. The molecule has 2 aromatic heterocycles. The molecule has 0 bridgehead atoms. The molecule has 0 atom stereocenters. The van der Waals surface area contributed by atoms with Gasteiger partial charge in [0.15, 0.2) is 5.16 Å². The van der Waals surface area contributed by atoms with Gasteiger partial charge in [-0.3, -0.25) is 14.0 Å². The molecule has 5 rings (SSSR count). The van der Waals surface area contributed by atoms with Crippen molar-refractivity contribution >= 4 is 40.0 Å². The van der Waals surface area contributed by atoms with Crippen LogP contribution in [0.2, 0.25) is 0 Å². The number of benzene rings is 3. The maximum absolute atomic E-state index is 13.4. The Balaban J connectivity index is 1.54. The van der Waals surface area contributed by atoms with E-state index in [-0.39, 0.29) is 17.2 Å². The fraction of sp³-hybridized carbons (Fsp3) is 0.0435. The molecular formula is C23H16FN5O2S. The molecular weight excluding hydrogens is 429 g/mol. The van der Waals surface area contributed by atoms with Gasteiger partial charge in [0.1, 0.15) is 5.82 Å². The predicted molar refractivity (Wildman–Crippen MR) is 122 cm³/mol. The number of nitrogens with one attached hydrogen (secondary N) is 1. The third-order valence-corrected chi connectivity index (χ3v) is 5.78. The van der Waals surface area contributed by atoms with Gasteiger partial charge in [-0.2, -0.15) is 0 Å². The highest BCUT2D eigenvalue weighted by molar-refractivity contribution is 7.99. The largest absolute Gasteiger partial charge is 0.325 e. The lowest BCUT2D eigenvalue weighted by Gasteiger charge is -2.11. The number of aromatic nitrogens is 4. The van der Waals surface area contributed by atoms with Crippen LogP contribution in [0.3, 0.4) is 0 Å². The zero-order valence-electron chi connectivity index (χ0n) is 16.6. The molecule has 9 heteroatoms. The average molecular weight is 445 g/mol. The van der Waals surface area contributed by atoms with Gasteiger partial charge in [0.25, 0.3) is 5.56 Å². The van der Waals surface area contributed by atoms with Crippen LogP contribution < -0.4 is 10.9 Å². The molecule has 1 amide bonds. The molecule has 0 spiro atoms. The van der Waals surface area contributed by atoms with Crippen LogP contribution >= 0.6 is 11.8 Å². The standard InChI is InChI=1S/C23H16FN5O2S/c24-15-7-6-8-16(13-15)25-20(30)14-32-23-27-26-22-28(17-9-2-1-3-10-17)21(31)18-11-4-5-12-19(18)29(22)23/h1-13H,14H2,(H,25,30). The fourth-order valence-electron chi connectivity index (χ4n) is 3.48. The third-order valence-electron chi connectivity index (χ3n) is 4.85. The fourth-order valence-corrected chi connectivity index (χ4v) is 4.22. The number of rotatable bonds is 5. The van der Waals surface area contributed by atoms with Gasteiger partial charge < -0.3 is 5.32 Å². The first-order chi connectivity index (χ1) is 15.6. The second-order valence-corrected chi connectivity index (χ2v) is 7.90. The Hall–Kier alpha value is -3.98. The number of carbonyl (C=O) groups excluding carboxylic acids is 1. The molecule has 2 heterocycles. The topological polar surface area (TPSA) is 81.3 Å². The van der Waals surface area contributed by atoms with Crippen LogP contribution in [0.5, 0.6) is 0 Å². The summed E-state index contributed by atoms with van der Waals surface area (Å²) in [4.78, 5) is 25.6. The van der Waals surface area contributed by atoms with E-state index in [0.717, 1.165) is 0 Å². The lowest BCUT2D eigenvalue weighted by atomic mass is 10.2. The zero-order chi connectivity index (χ0) is 22.1. The van der Waals surface area contributed by atoms with E-state index in [1.165, 1.54) is 34.5 Å².